The van der Waals surface area contributed by atoms with Gasteiger partial charge < -0.3 is 10.2 Å². The van der Waals surface area contributed by atoms with E-state index >= 15 is 0 Å². The zero-order chi connectivity index (χ0) is 21.1. The minimum absolute atomic E-state index is 0.00131. The largest absolute Gasteiger partial charge is 0.369 e. The van der Waals surface area contributed by atoms with Crippen molar-refractivity contribution < 1.29 is 4.79 Å². The second-order valence-electron chi connectivity index (χ2n) is 7.96. The number of nitrogens with zero attached hydrogens (tertiary/aromatic N) is 3. The van der Waals surface area contributed by atoms with Gasteiger partial charge in [-0.15, -0.1) is 11.3 Å². The number of thiazole rings is 1. The van der Waals surface area contributed by atoms with E-state index in [0.29, 0.717) is 11.7 Å². The fourth-order valence-corrected chi connectivity index (χ4v) is 4.91. The average Bonchev–Trinajstić information content (AvgIpc) is 3.16. The van der Waals surface area contributed by atoms with Crippen LogP contribution in [-0.4, -0.2) is 48.5 Å². The zero-order valence-corrected chi connectivity index (χ0v) is 18.6. The molecule has 0 spiro atoms. The molecule has 0 aliphatic carbocycles. The van der Waals surface area contributed by atoms with E-state index in [9.17, 15) is 4.79 Å². The predicted octanol–water partition coefficient (Wildman–Crippen LogP) is 4.50. The molecule has 5 nitrogen and oxygen atoms in total. The lowest BCUT2D eigenvalue weighted by atomic mass is 9.98. The minimum atomic E-state index is 0.00131. The number of hydrogen-bond acceptors (Lipinski definition) is 5. The van der Waals surface area contributed by atoms with Crippen LogP contribution in [0.5, 0.6) is 0 Å². The number of nitrogens with one attached hydrogen (secondary N) is 1. The van der Waals surface area contributed by atoms with E-state index in [0.717, 1.165) is 37.4 Å². The van der Waals surface area contributed by atoms with Crippen LogP contribution in [0, 0.1) is 20.8 Å². The van der Waals surface area contributed by atoms with Gasteiger partial charge in [0.1, 0.15) is 0 Å². The van der Waals surface area contributed by atoms with Gasteiger partial charge in [-0.1, -0.05) is 35.9 Å². The number of amides is 1. The summed E-state index contributed by atoms with van der Waals surface area (Å²) in [6, 6.07) is 14.8. The standard InChI is InChI=1S/C24H28N4OS/c1-17-13-18(2)23(19(3)14-17)21-16-30-24(25-21)26-22(29)15-27-9-11-28(12-10-27)20-7-5-4-6-8-20/h4-8,13-14,16H,9-12,15H2,1-3H3,(H,25,26,29). The third-order valence-electron chi connectivity index (χ3n) is 5.54. The van der Waals surface area contributed by atoms with Crippen molar-refractivity contribution in [1.29, 1.82) is 0 Å². The van der Waals surface area contributed by atoms with Crippen LogP contribution in [-0.2, 0) is 4.79 Å². The van der Waals surface area contributed by atoms with E-state index in [2.05, 4.69) is 77.3 Å². The van der Waals surface area contributed by atoms with Crippen LogP contribution < -0.4 is 10.2 Å². The Hall–Kier alpha value is -2.70. The molecule has 156 valence electrons. The van der Waals surface area contributed by atoms with Crippen LogP contribution in [0.15, 0.2) is 47.8 Å². The highest BCUT2D eigenvalue weighted by atomic mass is 32.1. The van der Waals surface area contributed by atoms with Crippen molar-refractivity contribution in [3.63, 3.8) is 0 Å². The maximum atomic E-state index is 12.6. The Bertz CT molecular complexity index is 1000. The summed E-state index contributed by atoms with van der Waals surface area (Å²) in [5.41, 5.74) is 7.03. The summed E-state index contributed by atoms with van der Waals surface area (Å²) in [7, 11) is 0. The third-order valence-corrected chi connectivity index (χ3v) is 6.30. The van der Waals surface area contributed by atoms with E-state index in [4.69, 9.17) is 0 Å². The molecule has 2 heterocycles. The van der Waals surface area contributed by atoms with Gasteiger partial charge in [0.25, 0.3) is 0 Å². The van der Waals surface area contributed by atoms with Gasteiger partial charge in [0.05, 0.1) is 12.2 Å². The molecule has 0 unspecified atom stereocenters. The fourth-order valence-electron chi connectivity index (χ4n) is 4.19. The van der Waals surface area contributed by atoms with Crippen LogP contribution >= 0.6 is 11.3 Å². The van der Waals surface area contributed by atoms with Gasteiger partial charge in [0.15, 0.2) is 5.13 Å². The summed E-state index contributed by atoms with van der Waals surface area (Å²) < 4.78 is 0. The van der Waals surface area contributed by atoms with Gasteiger partial charge in [-0.2, -0.15) is 0 Å². The number of para-hydroxylation sites is 1. The quantitative estimate of drug-likeness (QED) is 0.660. The Morgan fingerprint density at radius 2 is 1.70 bits per heavy atom. The molecule has 0 saturated carbocycles. The van der Waals surface area contributed by atoms with Gasteiger partial charge in [-0.05, 0) is 44.0 Å². The molecular formula is C24H28N4OS. The van der Waals surface area contributed by atoms with Crippen molar-refractivity contribution in [3.8, 4) is 11.3 Å². The lowest BCUT2D eigenvalue weighted by molar-refractivity contribution is -0.117. The normalized spacial score (nSPS) is 14.7. The lowest BCUT2D eigenvalue weighted by Crippen LogP contribution is -2.48. The van der Waals surface area contributed by atoms with Gasteiger partial charge in [-0.3, -0.25) is 9.69 Å². The monoisotopic (exact) mass is 420 g/mol. The summed E-state index contributed by atoms with van der Waals surface area (Å²) in [5, 5.41) is 5.68. The minimum Gasteiger partial charge on any atom is -0.369 e. The van der Waals surface area contributed by atoms with Crippen molar-refractivity contribution in [3.05, 3.63) is 64.5 Å². The molecule has 1 fully saturated rings. The Labute approximate surface area is 182 Å². The van der Waals surface area contributed by atoms with E-state index in [1.165, 1.54) is 33.7 Å². The highest BCUT2D eigenvalue weighted by molar-refractivity contribution is 7.14. The number of benzene rings is 2. The van der Waals surface area contributed by atoms with Gasteiger partial charge in [0.2, 0.25) is 5.91 Å². The Kier molecular flexibility index (Phi) is 6.16. The SMILES string of the molecule is Cc1cc(C)c(-c2csc(NC(=O)CN3CCN(c4ccccc4)CC3)n2)c(C)c1. The van der Waals surface area contributed by atoms with Gasteiger partial charge in [-0.25, -0.2) is 4.98 Å². The molecule has 30 heavy (non-hydrogen) atoms. The summed E-state index contributed by atoms with van der Waals surface area (Å²) in [5.74, 6) is 0.00131. The number of rotatable bonds is 5. The molecule has 1 amide bonds. The Morgan fingerprint density at radius 3 is 2.37 bits per heavy atom. The van der Waals surface area contributed by atoms with E-state index in [1.807, 2.05) is 11.4 Å². The molecular weight excluding hydrogens is 392 g/mol. The van der Waals surface area contributed by atoms with Crippen molar-refractivity contribution in [1.82, 2.24) is 9.88 Å². The Morgan fingerprint density at radius 1 is 1.03 bits per heavy atom. The highest BCUT2D eigenvalue weighted by Gasteiger charge is 2.20. The first-order valence-corrected chi connectivity index (χ1v) is 11.2. The number of carbonyl (C=O) groups is 1. The lowest BCUT2D eigenvalue weighted by Gasteiger charge is -2.35. The summed E-state index contributed by atoms with van der Waals surface area (Å²) >= 11 is 1.48. The molecule has 1 N–H and O–H groups in total. The van der Waals surface area contributed by atoms with E-state index in [-0.39, 0.29) is 5.91 Å². The number of hydrogen-bond donors (Lipinski definition) is 1. The number of anilines is 2. The summed E-state index contributed by atoms with van der Waals surface area (Å²) in [6.45, 7) is 10.4. The second-order valence-corrected chi connectivity index (χ2v) is 8.82. The first kappa shape index (κ1) is 20.6. The molecule has 0 bridgehead atoms. The molecule has 1 aliphatic rings. The number of piperazine rings is 1. The van der Waals surface area contributed by atoms with Crippen molar-refractivity contribution >= 4 is 28.1 Å². The average molecular weight is 421 g/mol. The van der Waals surface area contributed by atoms with Crippen molar-refractivity contribution in [2.75, 3.05) is 42.9 Å². The van der Waals surface area contributed by atoms with E-state index in [1.54, 1.807) is 0 Å². The Balaban J connectivity index is 1.33. The number of aryl methyl sites for hydroxylation is 3. The molecule has 1 aromatic heterocycles. The van der Waals surface area contributed by atoms with Crippen molar-refractivity contribution in [2.24, 2.45) is 0 Å². The third kappa shape index (κ3) is 4.71. The molecule has 3 aromatic rings. The molecule has 1 saturated heterocycles. The van der Waals surface area contributed by atoms with Crippen LogP contribution in [0.2, 0.25) is 0 Å². The zero-order valence-electron chi connectivity index (χ0n) is 17.8. The molecule has 0 radical (unpaired) electrons. The van der Waals surface area contributed by atoms with Crippen LogP contribution in [0.4, 0.5) is 10.8 Å². The molecule has 1 aliphatic heterocycles. The predicted molar refractivity (Wildman–Crippen MR) is 125 cm³/mol. The van der Waals surface area contributed by atoms with Crippen LogP contribution in [0.1, 0.15) is 16.7 Å². The van der Waals surface area contributed by atoms with E-state index < -0.39 is 0 Å². The number of carbonyl (C=O) groups excluding carboxylic acids is 1. The maximum Gasteiger partial charge on any atom is 0.240 e. The fraction of sp³-hybridized carbons (Fsp3) is 0.333. The summed E-state index contributed by atoms with van der Waals surface area (Å²) in [4.78, 5) is 21.8. The second kappa shape index (κ2) is 8.98. The maximum absolute atomic E-state index is 12.6. The first-order valence-electron chi connectivity index (χ1n) is 10.4. The summed E-state index contributed by atoms with van der Waals surface area (Å²) in [6.07, 6.45) is 0. The molecule has 2 aromatic carbocycles. The molecule has 0 atom stereocenters. The topological polar surface area (TPSA) is 48.5 Å². The van der Waals surface area contributed by atoms with Crippen molar-refractivity contribution in [2.45, 2.75) is 20.8 Å². The number of aromatic nitrogens is 1. The van der Waals surface area contributed by atoms with Crippen LogP contribution in [0.3, 0.4) is 0 Å². The van der Waals surface area contributed by atoms with Crippen LogP contribution in [0.25, 0.3) is 11.3 Å². The first-order chi connectivity index (χ1) is 14.5. The smallest absolute Gasteiger partial charge is 0.240 e. The molecule has 4 rings (SSSR count). The highest BCUT2D eigenvalue weighted by Crippen LogP contribution is 2.31. The molecule has 6 heteroatoms. The van der Waals surface area contributed by atoms with Gasteiger partial charge >= 0.3 is 0 Å². The van der Waals surface area contributed by atoms with Gasteiger partial charge in [0, 0.05) is 42.8 Å².